The normalized spacial score (nSPS) is 22.1. The number of ether oxygens (including phenoxy) is 1. The summed E-state index contributed by atoms with van der Waals surface area (Å²) in [6.07, 6.45) is 11.6. The number of unbranched alkanes of at least 4 members (excludes halogenated alkanes) is 3. The van der Waals surface area contributed by atoms with Gasteiger partial charge >= 0.3 is 229 Å². The van der Waals surface area contributed by atoms with E-state index in [1.54, 1.807) is 0 Å². The van der Waals surface area contributed by atoms with Gasteiger partial charge in [-0.25, -0.2) is 0 Å². The van der Waals surface area contributed by atoms with Gasteiger partial charge < -0.3 is 0 Å². The Balaban J connectivity index is 2.40. The average molecular weight is 628 g/mol. The fourth-order valence-electron chi connectivity index (χ4n) is 6.64. The molecule has 1 saturated carbocycles. The Bertz CT molecular complexity index is 802. The zero-order valence-corrected chi connectivity index (χ0v) is 28.0. The summed E-state index contributed by atoms with van der Waals surface area (Å²) in [5.41, 5.74) is 0. The third-order valence-electron chi connectivity index (χ3n) is 8.89. The monoisotopic (exact) mass is 628 g/mol. The van der Waals surface area contributed by atoms with Gasteiger partial charge in [0.25, 0.3) is 0 Å². The van der Waals surface area contributed by atoms with Crippen LogP contribution in [0.2, 0.25) is 13.3 Å². The molecule has 0 saturated heterocycles. The van der Waals surface area contributed by atoms with E-state index in [2.05, 4.69) is 41.5 Å². The molecule has 1 fully saturated rings. The molecule has 36 heavy (non-hydrogen) atoms. The molecular weight excluding hydrogens is 571 g/mol. The summed E-state index contributed by atoms with van der Waals surface area (Å²) in [7, 11) is -3.38. The van der Waals surface area contributed by atoms with Crippen molar-refractivity contribution in [1.82, 2.24) is 0 Å². The van der Waals surface area contributed by atoms with E-state index in [0.29, 0.717) is 35.7 Å². The first-order chi connectivity index (χ1) is 17.2. The molecule has 1 aromatic carbocycles. The molecule has 0 aliphatic heterocycles. The van der Waals surface area contributed by atoms with E-state index in [1.165, 1.54) is 45.4 Å². The first-order valence-corrected chi connectivity index (χ1v) is 24.4. The van der Waals surface area contributed by atoms with Gasteiger partial charge in [0.2, 0.25) is 0 Å². The molecule has 0 N–H and O–H groups in total. The first kappa shape index (κ1) is 32.1. The quantitative estimate of drug-likeness (QED) is 0.162. The molecule has 3 nitrogen and oxygen atoms in total. The predicted molar refractivity (Wildman–Crippen MR) is 158 cm³/mol. The Morgan fingerprint density at radius 1 is 0.917 bits per heavy atom. The van der Waals surface area contributed by atoms with Crippen LogP contribution in [0.5, 0.6) is 0 Å². The van der Waals surface area contributed by atoms with Crippen LogP contribution in [0.3, 0.4) is 0 Å². The van der Waals surface area contributed by atoms with Crippen molar-refractivity contribution in [2.45, 2.75) is 133 Å². The predicted octanol–water partition coefficient (Wildman–Crippen LogP) is 9.08. The Hall–Kier alpha value is -0.0713. The molecule has 0 bridgehead atoms. The van der Waals surface area contributed by atoms with Gasteiger partial charge in [-0.05, 0) is 0 Å². The van der Waals surface area contributed by atoms with E-state index in [9.17, 15) is 8.42 Å². The summed E-state index contributed by atoms with van der Waals surface area (Å²) in [6, 6.07) is 9.36. The maximum absolute atomic E-state index is 14.4. The van der Waals surface area contributed by atoms with Crippen LogP contribution >= 0.6 is 0 Å². The van der Waals surface area contributed by atoms with Crippen LogP contribution < -0.4 is 0 Å². The maximum atomic E-state index is 14.4. The summed E-state index contributed by atoms with van der Waals surface area (Å²) in [4.78, 5) is 0.534. The molecular formula is C31H56O3SSn. The summed E-state index contributed by atoms with van der Waals surface area (Å²) in [5.74, 6) is 1.91. The number of sulfone groups is 1. The summed E-state index contributed by atoms with van der Waals surface area (Å²) in [6.45, 7) is 14.4. The minimum atomic E-state index is -3.38. The van der Waals surface area contributed by atoms with Gasteiger partial charge in [0.15, 0.2) is 0 Å². The van der Waals surface area contributed by atoms with Crippen molar-refractivity contribution in [3.8, 4) is 0 Å². The summed E-state index contributed by atoms with van der Waals surface area (Å²) in [5, 5.41) is 0. The van der Waals surface area contributed by atoms with Gasteiger partial charge in [0, 0.05) is 0 Å². The Morgan fingerprint density at radius 2 is 1.47 bits per heavy atom. The van der Waals surface area contributed by atoms with Gasteiger partial charge in [-0.1, -0.05) is 0 Å². The molecule has 4 atom stereocenters. The van der Waals surface area contributed by atoms with Crippen LogP contribution in [0, 0.1) is 17.8 Å². The van der Waals surface area contributed by atoms with Gasteiger partial charge in [-0.3, -0.25) is 0 Å². The Kier molecular flexibility index (Phi) is 14.4. The number of hydrogen-bond acceptors (Lipinski definition) is 3. The molecule has 0 unspecified atom stereocenters. The van der Waals surface area contributed by atoms with Crippen LogP contribution in [-0.4, -0.2) is 42.8 Å². The summed E-state index contributed by atoms with van der Waals surface area (Å²) >= 11 is -3.10. The van der Waals surface area contributed by atoms with E-state index >= 15 is 0 Å². The molecule has 0 aromatic heterocycles. The third kappa shape index (κ3) is 9.00. The molecule has 208 valence electrons. The first-order valence-electron chi connectivity index (χ1n) is 15.1. The number of benzene rings is 1. The second kappa shape index (κ2) is 16.1. The number of rotatable bonds is 17. The second-order valence-corrected chi connectivity index (χ2v) is 29.4. The van der Waals surface area contributed by atoms with Crippen molar-refractivity contribution in [3.05, 3.63) is 30.3 Å². The van der Waals surface area contributed by atoms with Crippen LogP contribution in [0.15, 0.2) is 35.2 Å². The van der Waals surface area contributed by atoms with E-state index < -0.39 is 28.2 Å². The molecule has 1 aromatic rings. The van der Waals surface area contributed by atoms with E-state index in [0.717, 1.165) is 25.7 Å². The van der Waals surface area contributed by atoms with E-state index in [-0.39, 0.29) is 9.37 Å². The SMILES string of the molecule is CCC[CH2][Sn]([CH2]CCC)([CH2]CCC)[C@H](CCO[C@@H]1C[C@H](C)CC[C@H]1C(C)C)S(=O)(=O)c1ccccc1. The standard InChI is InChI=1S/C19H29O3S.3C4H9.Sn/c1-15(2)18-11-10-16(3)14-19(18)22-12-7-13-23(20,21)17-8-5-4-6-9-17;3*1-3-4-2;/h4-6,8-9,13,15-16,18-19H,7,10-12,14H2,1-3H3;3*1,3-4H2,2H3;/t16-,18+,19-;;;;/m1..../s1. The zero-order valence-electron chi connectivity index (χ0n) is 24.3. The van der Waals surface area contributed by atoms with Gasteiger partial charge in [0.1, 0.15) is 0 Å². The summed E-state index contributed by atoms with van der Waals surface area (Å²) < 4.78 is 38.8. The molecule has 1 aliphatic rings. The minimum absolute atomic E-state index is 0.183. The fraction of sp³-hybridized carbons (Fsp3) is 0.806. The van der Waals surface area contributed by atoms with Crippen LogP contribution in [-0.2, 0) is 14.6 Å². The van der Waals surface area contributed by atoms with Crippen molar-refractivity contribution >= 4 is 28.2 Å². The van der Waals surface area contributed by atoms with E-state index in [1.807, 2.05) is 30.3 Å². The number of hydrogen-bond donors (Lipinski definition) is 0. The fourth-order valence-corrected chi connectivity index (χ4v) is 33.8. The topological polar surface area (TPSA) is 43.4 Å². The van der Waals surface area contributed by atoms with Crippen molar-refractivity contribution < 1.29 is 13.2 Å². The van der Waals surface area contributed by atoms with Gasteiger partial charge in [0.05, 0.1) is 0 Å². The zero-order chi connectivity index (χ0) is 26.6. The molecule has 0 spiro atoms. The average Bonchev–Trinajstić information content (AvgIpc) is 2.87. The van der Waals surface area contributed by atoms with Crippen molar-refractivity contribution in [1.29, 1.82) is 0 Å². The Labute approximate surface area is 228 Å². The molecule has 0 heterocycles. The van der Waals surface area contributed by atoms with Crippen LogP contribution in [0.4, 0.5) is 0 Å². The molecule has 0 radical (unpaired) electrons. The molecule has 5 heteroatoms. The second-order valence-electron chi connectivity index (χ2n) is 12.0. The van der Waals surface area contributed by atoms with Crippen molar-refractivity contribution in [2.75, 3.05) is 6.61 Å². The third-order valence-corrected chi connectivity index (χ3v) is 33.1. The van der Waals surface area contributed by atoms with Gasteiger partial charge in [-0.2, -0.15) is 0 Å². The Morgan fingerprint density at radius 3 is 1.97 bits per heavy atom. The van der Waals surface area contributed by atoms with E-state index in [4.69, 9.17) is 4.74 Å². The van der Waals surface area contributed by atoms with Crippen LogP contribution in [0.1, 0.15) is 106 Å². The molecule has 0 amide bonds. The van der Waals surface area contributed by atoms with Crippen LogP contribution in [0.25, 0.3) is 0 Å². The van der Waals surface area contributed by atoms with Gasteiger partial charge in [-0.15, -0.1) is 0 Å². The molecule has 2 rings (SSSR count). The van der Waals surface area contributed by atoms with Crippen molar-refractivity contribution in [2.24, 2.45) is 17.8 Å². The van der Waals surface area contributed by atoms with Crippen molar-refractivity contribution in [3.63, 3.8) is 0 Å². The molecule has 1 aliphatic carbocycles.